The molecular formula is C18H25Cl3N2O. The van der Waals surface area contributed by atoms with Crippen molar-refractivity contribution >= 4 is 41.5 Å². The predicted octanol–water partition coefficient (Wildman–Crippen LogP) is 4.37. The van der Waals surface area contributed by atoms with Gasteiger partial charge in [-0.15, -0.1) is 12.4 Å². The summed E-state index contributed by atoms with van der Waals surface area (Å²) in [6.45, 7) is 0. The highest BCUT2D eigenvalue weighted by Gasteiger charge is 2.39. The number of amides is 1. The molecule has 1 aromatic rings. The highest BCUT2D eigenvalue weighted by atomic mass is 35.5. The van der Waals surface area contributed by atoms with Gasteiger partial charge in [-0.05, 0) is 61.6 Å². The van der Waals surface area contributed by atoms with E-state index < -0.39 is 0 Å². The van der Waals surface area contributed by atoms with Crippen molar-refractivity contribution in [1.82, 2.24) is 5.32 Å². The first-order valence-corrected chi connectivity index (χ1v) is 9.27. The van der Waals surface area contributed by atoms with E-state index in [1.807, 2.05) is 12.1 Å². The normalized spacial score (nSPS) is 28.8. The van der Waals surface area contributed by atoms with Gasteiger partial charge in [0.25, 0.3) is 0 Å². The van der Waals surface area contributed by atoms with E-state index in [1.54, 1.807) is 6.07 Å². The molecule has 2 saturated carbocycles. The molecule has 2 unspecified atom stereocenters. The van der Waals surface area contributed by atoms with Gasteiger partial charge in [-0.1, -0.05) is 35.7 Å². The number of rotatable bonds is 4. The molecule has 6 heteroatoms. The number of fused-ring (bicyclic) bond motifs is 2. The number of aryl methyl sites for hydroxylation is 1. The van der Waals surface area contributed by atoms with Crippen molar-refractivity contribution in [2.45, 2.75) is 57.0 Å². The van der Waals surface area contributed by atoms with Gasteiger partial charge in [-0.2, -0.15) is 0 Å². The van der Waals surface area contributed by atoms with Gasteiger partial charge in [-0.25, -0.2) is 0 Å². The van der Waals surface area contributed by atoms with E-state index in [2.05, 4.69) is 5.32 Å². The second-order valence-corrected chi connectivity index (χ2v) is 7.86. The quantitative estimate of drug-likeness (QED) is 0.800. The van der Waals surface area contributed by atoms with E-state index in [-0.39, 0.29) is 18.3 Å². The van der Waals surface area contributed by atoms with Crippen LogP contribution in [0.2, 0.25) is 10.0 Å². The predicted molar refractivity (Wildman–Crippen MR) is 102 cm³/mol. The standard InChI is InChI=1S/C18H24Cl2N2O.ClH/c19-14-6-4-11(16(20)10-14)5-7-17(23)22-18-12-2-1-3-13(18)9-15(21)8-12;/h4,6,10,12-13,15,18H,1-3,5,7-9,21H2,(H,22,23);1H. The third kappa shape index (κ3) is 4.78. The van der Waals surface area contributed by atoms with Crippen LogP contribution in [0.3, 0.4) is 0 Å². The molecule has 1 amide bonds. The third-order valence-electron chi connectivity index (χ3n) is 5.34. The van der Waals surface area contributed by atoms with Gasteiger partial charge in [0.05, 0.1) is 0 Å². The maximum absolute atomic E-state index is 12.4. The van der Waals surface area contributed by atoms with Gasteiger partial charge in [0.2, 0.25) is 5.91 Å². The summed E-state index contributed by atoms with van der Waals surface area (Å²) in [5.74, 6) is 1.23. The topological polar surface area (TPSA) is 55.1 Å². The Morgan fingerprint density at radius 1 is 1.21 bits per heavy atom. The second-order valence-electron chi connectivity index (χ2n) is 7.01. The summed E-state index contributed by atoms with van der Waals surface area (Å²) in [5, 5.41) is 4.53. The molecule has 134 valence electrons. The molecule has 0 spiro atoms. The van der Waals surface area contributed by atoms with Crippen LogP contribution in [-0.4, -0.2) is 18.0 Å². The molecule has 2 aliphatic rings. The van der Waals surface area contributed by atoms with Crippen LogP contribution in [0, 0.1) is 11.8 Å². The fraction of sp³-hybridized carbons (Fsp3) is 0.611. The number of carbonyl (C=O) groups is 1. The van der Waals surface area contributed by atoms with Gasteiger partial charge < -0.3 is 11.1 Å². The lowest BCUT2D eigenvalue weighted by atomic mass is 9.67. The Kier molecular flexibility index (Phi) is 7.23. The first-order chi connectivity index (χ1) is 11.0. The Morgan fingerprint density at radius 3 is 2.50 bits per heavy atom. The maximum Gasteiger partial charge on any atom is 0.220 e. The number of nitrogens with two attached hydrogens (primary N) is 1. The minimum absolute atomic E-state index is 0. The first-order valence-electron chi connectivity index (χ1n) is 8.52. The fourth-order valence-electron chi connectivity index (χ4n) is 4.26. The highest BCUT2D eigenvalue weighted by molar-refractivity contribution is 6.35. The average molecular weight is 392 g/mol. The maximum atomic E-state index is 12.4. The average Bonchev–Trinajstić information content (AvgIpc) is 2.47. The van der Waals surface area contributed by atoms with Crippen molar-refractivity contribution in [1.29, 1.82) is 0 Å². The summed E-state index contributed by atoms with van der Waals surface area (Å²) < 4.78 is 0. The number of nitrogens with one attached hydrogen (secondary N) is 1. The van der Waals surface area contributed by atoms with Crippen LogP contribution in [-0.2, 0) is 11.2 Å². The van der Waals surface area contributed by atoms with E-state index >= 15 is 0 Å². The first kappa shape index (κ1) is 19.8. The molecule has 0 aromatic heterocycles. The summed E-state index contributed by atoms with van der Waals surface area (Å²) in [7, 11) is 0. The molecule has 0 radical (unpaired) electrons. The minimum atomic E-state index is 0. The van der Waals surface area contributed by atoms with Crippen LogP contribution in [0.1, 0.15) is 44.1 Å². The highest BCUT2D eigenvalue weighted by Crippen LogP contribution is 2.39. The molecule has 3 rings (SSSR count). The van der Waals surface area contributed by atoms with Crippen molar-refractivity contribution in [3.05, 3.63) is 33.8 Å². The number of hydrogen-bond acceptors (Lipinski definition) is 2. The molecule has 2 atom stereocenters. The molecular weight excluding hydrogens is 367 g/mol. The number of halogens is 3. The van der Waals surface area contributed by atoms with Crippen LogP contribution >= 0.6 is 35.6 Å². The Labute approximate surface area is 160 Å². The van der Waals surface area contributed by atoms with E-state index in [0.717, 1.165) is 18.4 Å². The van der Waals surface area contributed by atoms with E-state index in [1.165, 1.54) is 19.3 Å². The Bertz CT molecular complexity index is 567. The van der Waals surface area contributed by atoms with Crippen LogP contribution in [0.4, 0.5) is 0 Å². The van der Waals surface area contributed by atoms with Crippen LogP contribution in [0.5, 0.6) is 0 Å². The summed E-state index contributed by atoms with van der Waals surface area (Å²) in [6, 6.07) is 6.06. The van der Waals surface area contributed by atoms with Crippen molar-refractivity contribution in [2.24, 2.45) is 17.6 Å². The van der Waals surface area contributed by atoms with Gasteiger partial charge in [0, 0.05) is 28.5 Å². The summed E-state index contributed by atoms with van der Waals surface area (Å²) in [5.41, 5.74) is 7.11. The lowest BCUT2D eigenvalue weighted by molar-refractivity contribution is -0.123. The van der Waals surface area contributed by atoms with Crippen molar-refractivity contribution < 1.29 is 4.79 Å². The largest absolute Gasteiger partial charge is 0.353 e. The van der Waals surface area contributed by atoms with E-state index in [4.69, 9.17) is 28.9 Å². The van der Waals surface area contributed by atoms with E-state index in [0.29, 0.717) is 46.8 Å². The molecule has 2 aliphatic carbocycles. The zero-order valence-corrected chi connectivity index (χ0v) is 16.0. The van der Waals surface area contributed by atoms with Crippen molar-refractivity contribution in [3.63, 3.8) is 0 Å². The van der Waals surface area contributed by atoms with Gasteiger partial charge in [-0.3, -0.25) is 4.79 Å². The Morgan fingerprint density at radius 2 is 1.88 bits per heavy atom. The van der Waals surface area contributed by atoms with Gasteiger partial charge in [0.15, 0.2) is 0 Å². The second kappa shape index (κ2) is 8.75. The molecule has 3 N–H and O–H groups in total. The Hall–Kier alpha value is -0.480. The van der Waals surface area contributed by atoms with Crippen LogP contribution < -0.4 is 11.1 Å². The number of carbonyl (C=O) groups excluding carboxylic acids is 1. The lowest BCUT2D eigenvalue weighted by Gasteiger charge is -2.45. The zero-order chi connectivity index (χ0) is 16.4. The summed E-state index contributed by atoms with van der Waals surface area (Å²) in [6.07, 6.45) is 6.85. The van der Waals surface area contributed by atoms with Gasteiger partial charge >= 0.3 is 0 Å². The molecule has 0 heterocycles. The third-order valence-corrected chi connectivity index (χ3v) is 5.93. The minimum Gasteiger partial charge on any atom is -0.353 e. The molecule has 3 nitrogen and oxygen atoms in total. The monoisotopic (exact) mass is 390 g/mol. The molecule has 0 aliphatic heterocycles. The van der Waals surface area contributed by atoms with Crippen LogP contribution in [0.15, 0.2) is 18.2 Å². The fourth-order valence-corrected chi connectivity index (χ4v) is 4.76. The van der Waals surface area contributed by atoms with Crippen molar-refractivity contribution in [3.8, 4) is 0 Å². The summed E-state index contributed by atoms with van der Waals surface area (Å²) in [4.78, 5) is 12.4. The van der Waals surface area contributed by atoms with Crippen LogP contribution in [0.25, 0.3) is 0 Å². The van der Waals surface area contributed by atoms with Crippen molar-refractivity contribution in [2.75, 3.05) is 0 Å². The van der Waals surface area contributed by atoms with E-state index in [9.17, 15) is 4.79 Å². The molecule has 0 saturated heterocycles. The molecule has 2 bridgehead atoms. The zero-order valence-electron chi connectivity index (χ0n) is 13.6. The molecule has 1 aromatic carbocycles. The summed E-state index contributed by atoms with van der Waals surface area (Å²) >= 11 is 12.1. The molecule has 24 heavy (non-hydrogen) atoms. The van der Waals surface area contributed by atoms with Gasteiger partial charge in [0.1, 0.15) is 0 Å². The Balaban J connectivity index is 0.00000208. The smallest absolute Gasteiger partial charge is 0.220 e. The number of benzene rings is 1. The lowest BCUT2D eigenvalue weighted by Crippen LogP contribution is -2.53. The number of hydrogen-bond donors (Lipinski definition) is 2. The SMILES string of the molecule is Cl.NC1CC2CCCC(C1)C2NC(=O)CCc1ccc(Cl)cc1Cl. The molecule has 2 fully saturated rings.